The molecule has 1 rings (SSSR count). The summed E-state index contributed by atoms with van der Waals surface area (Å²) in [5.74, 6) is 0.828. The Balaban J connectivity index is 2.72. The lowest BCUT2D eigenvalue weighted by atomic mass is 10.1. The van der Waals surface area contributed by atoms with Gasteiger partial charge in [-0.05, 0) is 31.7 Å². The number of methoxy groups -OCH3 is 1. The van der Waals surface area contributed by atoms with Crippen molar-refractivity contribution in [1.29, 1.82) is 0 Å². The first kappa shape index (κ1) is 14.0. The average Bonchev–Trinajstić information content (AvgIpc) is 2.27. The molecule has 1 atom stereocenters. The number of hydrogen-bond donors (Lipinski definition) is 2. The zero-order valence-electron chi connectivity index (χ0n) is 10.8. The van der Waals surface area contributed by atoms with Gasteiger partial charge in [-0.15, -0.1) is 0 Å². The number of hydrogen-bond acceptors (Lipinski definition) is 4. The summed E-state index contributed by atoms with van der Waals surface area (Å²) in [6.07, 6.45) is -0.313. The maximum absolute atomic E-state index is 9.30. The number of benzene rings is 1. The van der Waals surface area contributed by atoms with E-state index < -0.39 is 0 Å². The molecule has 0 aromatic heterocycles. The lowest BCUT2D eigenvalue weighted by Gasteiger charge is -2.19. The Bertz CT molecular complexity index is 353. The molecule has 17 heavy (non-hydrogen) atoms. The van der Waals surface area contributed by atoms with Crippen LogP contribution in [0, 0.1) is 0 Å². The first-order valence-electron chi connectivity index (χ1n) is 5.79. The minimum Gasteiger partial charge on any atom is -0.496 e. The molecule has 1 aromatic rings. The van der Waals surface area contributed by atoms with Gasteiger partial charge < -0.3 is 15.6 Å². The van der Waals surface area contributed by atoms with Crippen molar-refractivity contribution >= 4 is 0 Å². The standard InChI is InChI=1S/C13H22N2O2/c1-10(16)8-15(2)9-11-4-5-13(17-3)12(6-11)7-14/h4-6,10,16H,7-9,14H2,1-3H3. The van der Waals surface area contributed by atoms with Gasteiger partial charge in [0.15, 0.2) is 0 Å². The van der Waals surface area contributed by atoms with Crippen LogP contribution in [0.4, 0.5) is 0 Å². The summed E-state index contributed by atoms with van der Waals surface area (Å²) in [6, 6.07) is 6.02. The Morgan fingerprint density at radius 1 is 1.47 bits per heavy atom. The summed E-state index contributed by atoms with van der Waals surface area (Å²) in [6.45, 7) is 3.71. The van der Waals surface area contributed by atoms with Gasteiger partial charge in [0, 0.05) is 25.2 Å². The lowest BCUT2D eigenvalue weighted by Crippen LogP contribution is -2.26. The zero-order valence-corrected chi connectivity index (χ0v) is 10.8. The molecule has 0 bridgehead atoms. The topological polar surface area (TPSA) is 58.7 Å². The Morgan fingerprint density at radius 2 is 2.18 bits per heavy atom. The van der Waals surface area contributed by atoms with Gasteiger partial charge in [0.1, 0.15) is 5.75 Å². The zero-order chi connectivity index (χ0) is 12.8. The number of nitrogens with zero attached hydrogens (tertiary/aromatic N) is 1. The molecule has 0 spiro atoms. The van der Waals surface area contributed by atoms with Gasteiger partial charge in [0.2, 0.25) is 0 Å². The van der Waals surface area contributed by atoms with E-state index in [-0.39, 0.29) is 6.10 Å². The Kier molecular flexibility index (Phi) is 5.41. The molecular weight excluding hydrogens is 216 g/mol. The maximum atomic E-state index is 9.30. The molecule has 0 aliphatic rings. The van der Waals surface area contributed by atoms with Crippen molar-refractivity contribution < 1.29 is 9.84 Å². The molecule has 1 unspecified atom stereocenters. The van der Waals surface area contributed by atoms with E-state index in [9.17, 15) is 5.11 Å². The molecule has 0 saturated heterocycles. The number of aliphatic hydroxyl groups is 1. The van der Waals surface area contributed by atoms with Crippen molar-refractivity contribution in [3.8, 4) is 5.75 Å². The highest BCUT2D eigenvalue weighted by atomic mass is 16.5. The fourth-order valence-electron chi connectivity index (χ4n) is 1.92. The number of nitrogens with two attached hydrogens (primary N) is 1. The van der Waals surface area contributed by atoms with Gasteiger partial charge in [0.25, 0.3) is 0 Å². The van der Waals surface area contributed by atoms with E-state index in [1.165, 1.54) is 5.56 Å². The molecule has 96 valence electrons. The number of aliphatic hydroxyl groups excluding tert-OH is 1. The second-order valence-corrected chi connectivity index (χ2v) is 4.40. The molecule has 0 amide bonds. The van der Waals surface area contributed by atoms with E-state index in [1.54, 1.807) is 14.0 Å². The van der Waals surface area contributed by atoms with Gasteiger partial charge in [-0.1, -0.05) is 6.07 Å². The first-order valence-corrected chi connectivity index (χ1v) is 5.79. The van der Waals surface area contributed by atoms with E-state index >= 15 is 0 Å². The summed E-state index contributed by atoms with van der Waals surface area (Å²) >= 11 is 0. The van der Waals surface area contributed by atoms with Crippen molar-refractivity contribution in [2.45, 2.75) is 26.1 Å². The van der Waals surface area contributed by atoms with Crippen LogP contribution < -0.4 is 10.5 Å². The largest absolute Gasteiger partial charge is 0.496 e. The summed E-state index contributed by atoms with van der Waals surface area (Å²) in [4.78, 5) is 2.08. The molecule has 4 nitrogen and oxygen atoms in total. The van der Waals surface area contributed by atoms with Gasteiger partial charge in [0.05, 0.1) is 13.2 Å². The summed E-state index contributed by atoms with van der Waals surface area (Å²) in [5, 5.41) is 9.30. The monoisotopic (exact) mass is 238 g/mol. The molecule has 0 heterocycles. The first-order chi connectivity index (χ1) is 8.06. The van der Waals surface area contributed by atoms with Crippen molar-refractivity contribution in [3.63, 3.8) is 0 Å². The van der Waals surface area contributed by atoms with Gasteiger partial charge in [-0.25, -0.2) is 0 Å². The van der Waals surface area contributed by atoms with Gasteiger partial charge >= 0.3 is 0 Å². The van der Waals surface area contributed by atoms with E-state index in [0.717, 1.165) is 17.9 Å². The van der Waals surface area contributed by atoms with Crippen LogP contribution in [-0.4, -0.2) is 36.8 Å². The van der Waals surface area contributed by atoms with Crippen molar-refractivity contribution in [2.24, 2.45) is 5.73 Å². The molecule has 0 fully saturated rings. The van der Waals surface area contributed by atoms with Crippen molar-refractivity contribution in [3.05, 3.63) is 29.3 Å². The lowest BCUT2D eigenvalue weighted by molar-refractivity contribution is 0.138. The van der Waals surface area contributed by atoms with Crippen molar-refractivity contribution in [2.75, 3.05) is 20.7 Å². The molecule has 4 heteroatoms. The summed E-state index contributed by atoms with van der Waals surface area (Å²) in [5.41, 5.74) is 7.86. The molecular formula is C13H22N2O2. The fourth-order valence-corrected chi connectivity index (χ4v) is 1.92. The predicted octanol–water partition coefficient (Wildman–Crippen LogP) is 0.967. The Hall–Kier alpha value is -1.10. The maximum Gasteiger partial charge on any atom is 0.123 e. The van der Waals surface area contributed by atoms with Crippen LogP contribution in [-0.2, 0) is 13.1 Å². The highest BCUT2D eigenvalue weighted by Crippen LogP contribution is 2.19. The van der Waals surface area contributed by atoms with Crippen LogP contribution in [0.1, 0.15) is 18.1 Å². The summed E-state index contributed by atoms with van der Waals surface area (Å²) in [7, 11) is 3.63. The van der Waals surface area contributed by atoms with Crippen molar-refractivity contribution in [1.82, 2.24) is 4.90 Å². The van der Waals surface area contributed by atoms with Crippen LogP contribution >= 0.6 is 0 Å². The smallest absolute Gasteiger partial charge is 0.123 e. The number of likely N-dealkylation sites (N-methyl/N-ethyl adjacent to an activating group) is 1. The molecule has 1 aromatic carbocycles. The highest BCUT2D eigenvalue weighted by molar-refractivity contribution is 5.37. The number of rotatable bonds is 6. The fraction of sp³-hybridized carbons (Fsp3) is 0.538. The predicted molar refractivity (Wildman–Crippen MR) is 68.9 cm³/mol. The van der Waals surface area contributed by atoms with Gasteiger partial charge in [-0.3, -0.25) is 4.90 Å². The quantitative estimate of drug-likeness (QED) is 0.775. The molecule has 0 aliphatic heterocycles. The van der Waals surface area contributed by atoms with Crippen LogP contribution in [0.2, 0.25) is 0 Å². The molecule has 0 radical (unpaired) electrons. The highest BCUT2D eigenvalue weighted by Gasteiger charge is 2.06. The SMILES string of the molecule is COc1ccc(CN(C)CC(C)O)cc1CN. The third-order valence-electron chi connectivity index (χ3n) is 2.59. The second kappa shape index (κ2) is 6.59. The molecule has 0 saturated carbocycles. The molecule has 3 N–H and O–H groups in total. The minimum atomic E-state index is -0.313. The normalized spacial score (nSPS) is 12.8. The van der Waals surface area contributed by atoms with Crippen LogP contribution in [0.3, 0.4) is 0 Å². The summed E-state index contributed by atoms with van der Waals surface area (Å²) < 4.78 is 5.23. The Morgan fingerprint density at radius 3 is 2.71 bits per heavy atom. The van der Waals surface area contributed by atoms with Crippen LogP contribution in [0.5, 0.6) is 5.75 Å². The third-order valence-corrected chi connectivity index (χ3v) is 2.59. The van der Waals surface area contributed by atoms with E-state index in [2.05, 4.69) is 11.0 Å². The van der Waals surface area contributed by atoms with Crippen LogP contribution in [0.15, 0.2) is 18.2 Å². The van der Waals surface area contributed by atoms with E-state index in [0.29, 0.717) is 13.1 Å². The second-order valence-electron chi connectivity index (χ2n) is 4.40. The van der Waals surface area contributed by atoms with Gasteiger partial charge in [-0.2, -0.15) is 0 Å². The van der Waals surface area contributed by atoms with Crippen LogP contribution in [0.25, 0.3) is 0 Å². The van der Waals surface area contributed by atoms with E-state index in [4.69, 9.17) is 10.5 Å². The van der Waals surface area contributed by atoms with E-state index in [1.807, 2.05) is 19.2 Å². The minimum absolute atomic E-state index is 0.313. The number of ether oxygens (including phenoxy) is 1. The third kappa shape index (κ3) is 4.34. The average molecular weight is 238 g/mol. The Labute approximate surface area is 103 Å². The molecule has 0 aliphatic carbocycles.